The highest BCUT2D eigenvalue weighted by atomic mass is 16.7. The summed E-state index contributed by atoms with van der Waals surface area (Å²) in [6.45, 7) is 0.681. The number of carbonyl (C=O) groups excluding carboxylic acids is 1. The third-order valence-electron chi connectivity index (χ3n) is 1.47. The first-order valence-corrected chi connectivity index (χ1v) is 4.04. The van der Waals surface area contributed by atoms with E-state index in [1.807, 2.05) is 5.34 Å². The van der Waals surface area contributed by atoms with E-state index in [4.69, 9.17) is 5.73 Å². The van der Waals surface area contributed by atoms with Gasteiger partial charge in [-0.25, -0.2) is 4.79 Å². The lowest BCUT2D eigenvalue weighted by atomic mass is 10.1. The topological polar surface area (TPSA) is 81.8 Å². The van der Waals surface area contributed by atoms with Gasteiger partial charge >= 0.3 is 5.97 Å². The van der Waals surface area contributed by atoms with Crippen LogP contribution in [0, 0.1) is 4.91 Å². The van der Waals surface area contributed by atoms with Crippen molar-refractivity contribution in [2.75, 3.05) is 6.54 Å². The van der Waals surface area contributed by atoms with Gasteiger partial charge in [-0.15, -0.1) is 4.91 Å². The van der Waals surface area contributed by atoms with E-state index in [-0.39, 0.29) is 6.42 Å². The smallest absolute Gasteiger partial charge is 0.330 e. The molecule has 5 heteroatoms. The Morgan fingerprint density at radius 1 is 1.25 bits per heavy atom. The molecule has 0 saturated carbocycles. The Morgan fingerprint density at radius 3 is 2.50 bits per heavy atom. The number of nitrogens with two attached hydrogens (primary N) is 1. The summed E-state index contributed by atoms with van der Waals surface area (Å²) in [4.78, 5) is 23.8. The highest BCUT2D eigenvalue weighted by Gasteiger charge is 2.01. The van der Waals surface area contributed by atoms with E-state index < -0.39 is 5.97 Å². The molecule has 0 aliphatic heterocycles. The van der Waals surface area contributed by atoms with E-state index in [0.29, 0.717) is 6.54 Å². The maximum Gasteiger partial charge on any atom is 0.338 e. The van der Waals surface area contributed by atoms with Crippen molar-refractivity contribution in [3.63, 3.8) is 0 Å². The van der Waals surface area contributed by atoms with E-state index in [2.05, 4.69) is 4.84 Å². The fourth-order valence-corrected chi connectivity index (χ4v) is 0.854. The minimum atomic E-state index is -0.558. The molecule has 5 nitrogen and oxygen atoms in total. The van der Waals surface area contributed by atoms with Crippen LogP contribution in [0.2, 0.25) is 0 Å². The predicted molar refractivity (Wildman–Crippen MR) is 44.0 cm³/mol. The highest BCUT2D eigenvalue weighted by molar-refractivity contribution is 5.68. The van der Waals surface area contributed by atoms with Crippen LogP contribution in [-0.4, -0.2) is 12.5 Å². The number of unbranched alkanes of at least 4 members (excludes halogenated alkanes) is 3. The fraction of sp³-hybridized carbons (Fsp3) is 0.857. The lowest BCUT2D eigenvalue weighted by molar-refractivity contribution is -0.144. The molecule has 0 radical (unpaired) electrons. The molecular weight excluding hydrogens is 160 g/mol. The molecule has 2 N–H and O–H groups in total. The third-order valence-corrected chi connectivity index (χ3v) is 1.47. The molecule has 0 rings (SSSR count). The third kappa shape index (κ3) is 7.14. The van der Waals surface area contributed by atoms with Gasteiger partial charge in [-0.3, -0.25) is 4.84 Å². The van der Waals surface area contributed by atoms with Crippen molar-refractivity contribution >= 4 is 5.97 Å². The van der Waals surface area contributed by atoms with Crippen molar-refractivity contribution in [2.24, 2.45) is 11.1 Å². The van der Waals surface area contributed by atoms with Crippen LogP contribution in [0.1, 0.15) is 32.1 Å². The van der Waals surface area contributed by atoms with E-state index in [1.54, 1.807) is 0 Å². The molecule has 0 bridgehead atoms. The zero-order valence-corrected chi connectivity index (χ0v) is 6.99. The first-order chi connectivity index (χ1) is 5.81. The van der Waals surface area contributed by atoms with Gasteiger partial charge in [0.15, 0.2) is 5.34 Å². The molecule has 0 saturated heterocycles. The van der Waals surface area contributed by atoms with Crippen LogP contribution >= 0.6 is 0 Å². The van der Waals surface area contributed by atoms with Gasteiger partial charge in [0, 0.05) is 6.42 Å². The molecule has 0 amide bonds. The molecule has 0 aliphatic rings. The van der Waals surface area contributed by atoms with Crippen molar-refractivity contribution in [2.45, 2.75) is 32.1 Å². The summed E-state index contributed by atoms with van der Waals surface area (Å²) in [5, 5.41) is 2.03. The average molecular weight is 174 g/mol. The average Bonchev–Trinajstić information content (AvgIpc) is 2.05. The molecule has 12 heavy (non-hydrogen) atoms. The Balaban J connectivity index is 3.08. The van der Waals surface area contributed by atoms with Gasteiger partial charge in [-0.1, -0.05) is 12.8 Å². The van der Waals surface area contributed by atoms with Crippen LogP contribution in [-0.2, 0) is 9.63 Å². The first-order valence-electron chi connectivity index (χ1n) is 4.04. The fourth-order valence-electron chi connectivity index (χ4n) is 0.854. The van der Waals surface area contributed by atoms with Crippen LogP contribution in [0.3, 0.4) is 0 Å². The van der Waals surface area contributed by atoms with Gasteiger partial charge in [0.2, 0.25) is 0 Å². The Labute approximate surface area is 71.2 Å². The molecule has 0 aliphatic carbocycles. The Kier molecular flexibility index (Phi) is 7.47. The zero-order chi connectivity index (χ0) is 9.23. The van der Waals surface area contributed by atoms with Gasteiger partial charge in [0.1, 0.15) is 0 Å². The molecule has 0 spiro atoms. The summed E-state index contributed by atoms with van der Waals surface area (Å²) >= 11 is 0. The second-order valence-electron chi connectivity index (χ2n) is 2.49. The van der Waals surface area contributed by atoms with Gasteiger partial charge in [0.25, 0.3) is 0 Å². The van der Waals surface area contributed by atoms with Gasteiger partial charge < -0.3 is 5.73 Å². The predicted octanol–water partition coefficient (Wildman–Crippen LogP) is 1.12. The largest absolute Gasteiger partial charge is 0.338 e. The molecule has 0 unspecified atom stereocenters. The summed E-state index contributed by atoms with van der Waals surface area (Å²) in [7, 11) is 0. The summed E-state index contributed by atoms with van der Waals surface area (Å²) in [6.07, 6.45) is 3.91. The number of hydrogen-bond donors (Lipinski definition) is 1. The summed E-state index contributed by atoms with van der Waals surface area (Å²) in [5.41, 5.74) is 5.27. The van der Waals surface area contributed by atoms with Crippen LogP contribution in [0.5, 0.6) is 0 Å². The van der Waals surface area contributed by atoms with Crippen molar-refractivity contribution in [1.29, 1.82) is 0 Å². The lowest BCUT2D eigenvalue weighted by Gasteiger charge is -1.96. The molecule has 0 atom stereocenters. The summed E-state index contributed by atoms with van der Waals surface area (Å²) in [6, 6.07) is 0. The SMILES string of the molecule is NCCCCCCC(=O)ON=O. The van der Waals surface area contributed by atoms with Crippen molar-refractivity contribution in [3.05, 3.63) is 4.91 Å². The molecular formula is C7H14N2O3. The van der Waals surface area contributed by atoms with Gasteiger partial charge in [-0.2, -0.15) is 0 Å². The van der Waals surface area contributed by atoms with Gasteiger partial charge in [0.05, 0.1) is 0 Å². The Bertz CT molecular complexity index is 139. The number of hydrogen-bond acceptors (Lipinski definition) is 5. The molecule has 0 fully saturated rings. The Morgan fingerprint density at radius 2 is 1.92 bits per heavy atom. The highest BCUT2D eigenvalue weighted by Crippen LogP contribution is 2.03. The number of carbonyl (C=O) groups is 1. The molecule has 0 aromatic carbocycles. The van der Waals surface area contributed by atoms with Crippen molar-refractivity contribution in [3.8, 4) is 0 Å². The molecule has 0 aromatic heterocycles. The number of nitrogens with zero attached hydrogens (tertiary/aromatic N) is 1. The first kappa shape index (κ1) is 11.0. The Hall–Kier alpha value is -0.970. The quantitative estimate of drug-likeness (QED) is 0.356. The normalized spacial score (nSPS) is 9.42. The molecule has 0 heterocycles. The second kappa shape index (κ2) is 8.13. The molecule has 0 aromatic rings. The van der Waals surface area contributed by atoms with Crippen LogP contribution in [0.4, 0.5) is 0 Å². The minimum absolute atomic E-state index is 0.260. The second-order valence-corrected chi connectivity index (χ2v) is 2.49. The van der Waals surface area contributed by atoms with Crippen LogP contribution < -0.4 is 5.73 Å². The van der Waals surface area contributed by atoms with E-state index >= 15 is 0 Å². The van der Waals surface area contributed by atoms with E-state index in [1.165, 1.54) is 0 Å². The maximum atomic E-state index is 10.5. The van der Waals surface area contributed by atoms with E-state index in [9.17, 15) is 9.70 Å². The minimum Gasteiger partial charge on any atom is -0.330 e. The standard InChI is InChI=1S/C7H14N2O3/c8-6-4-2-1-3-5-7(10)12-9-11/h1-6,8H2. The maximum absolute atomic E-state index is 10.5. The van der Waals surface area contributed by atoms with Crippen LogP contribution in [0.25, 0.3) is 0 Å². The zero-order valence-electron chi connectivity index (χ0n) is 6.99. The van der Waals surface area contributed by atoms with Crippen molar-refractivity contribution < 1.29 is 9.63 Å². The van der Waals surface area contributed by atoms with Crippen LogP contribution in [0.15, 0.2) is 5.34 Å². The summed E-state index contributed by atoms with van der Waals surface area (Å²) < 4.78 is 0. The summed E-state index contributed by atoms with van der Waals surface area (Å²) in [5.74, 6) is -0.558. The number of rotatable bonds is 7. The molecule has 70 valence electrons. The van der Waals surface area contributed by atoms with Gasteiger partial charge in [-0.05, 0) is 19.4 Å². The van der Waals surface area contributed by atoms with E-state index in [0.717, 1.165) is 25.7 Å². The monoisotopic (exact) mass is 174 g/mol. The van der Waals surface area contributed by atoms with Crippen molar-refractivity contribution in [1.82, 2.24) is 0 Å². The lowest BCUT2D eigenvalue weighted by Crippen LogP contribution is -2.00.